The molecule has 2 aliphatic rings. The van der Waals surface area contributed by atoms with E-state index >= 15 is 0 Å². The Balaban J connectivity index is 0.974. The van der Waals surface area contributed by atoms with Gasteiger partial charge in [-0.3, -0.25) is 14.4 Å². The lowest BCUT2D eigenvalue weighted by Crippen LogP contribution is -2.48. The standard InChI is InChI=1S/C46H48N8O7/c1-46(2,3)61-45(60)52-39(28-14-8-5-9-15-28)43(57)53-22-10-16-36(53)40-49-33-20-18-29(25-35(33)50-40)34-26-30-24-31(19-21-32(30)48-34)47-41(55)37-17-11-23-54(37)42(56)38(51-44(58)59)27-12-6-4-7-13-27/h4-9,12-15,18-21,24-26,36-39,48,51H,10-11,16-17,22-23H2,1-3H3,(H,47,55)(H,49,50)(H,52,60)(H,58,59)/t36-,37-,38+,39+/m0/s1. The predicted octanol–water partition coefficient (Wildman–Crippen LogP) is 7.58. The Morgan fingerprint density at radius 3 is 2.10 bits per heavy atom. The fourth-order valence-electron chi connectivity index (χ4n) is 8.31. The molecule has 0 aliphatic carbocycles. The Bertz CT molecular complexity index is 2600. The zero-order valence-corrected chi connectivity index (χ0v) is 34.1. The molecule has 4 heterocycles. The minimum absolute atomic E-state index is 0.242. The third kappa shape index (κ3) is 8.91. The van der Waals surface area contributed by atoms with Crippen LogP contribution in [0, 0.1) is 0 Å². The van der Waals surface area contributed by atoms with Gasteiger partial charge in [-0.15, -0.1) is 0 Å². The quantitative estimate of drug-likeness (QED) is 0.0811. The van der Waals surface area contributed by atoms with Gasteiger partial charge in [-0.1, -0.05) is 66.7 Å². The molecule has 2 fully saturated rings. The third-order valence-electron chi connectivity index (χ3n) is 11.1. The van der Waals surface area contributed by atoms with E-state index in [2.05, 4.69) is 25.9 Å². The Hall–Kier alpha value is -7.16. The fourth-order valence-corrected chi connectivity index (χ4v) is 8.31. The highest BCUT2D eigenvalue weighted by Gasteiger charge is 2.39. The molecule has 8 rings (SSSR count). The van der Waals surface area contributed by atoms with E-state index in [4.69, 9.17) is 9.72 Å². The molecule has 2 saturated heterocycles. The summed E-state index contributed by atoms with van der Waals surface area (Å²) < 4.78 is 5.51. The van der Waals surface area contributed by atoms with Crippen LogP contribution in [-0.2, 0) is 19.1 Å². The van der Waals surface area contributed by atoms with Gasteiger partial charge in [-0.25, -0.2) is 14.6 Å². The maximum Gasteiger partial charge on any atom is 0.408 e. The number of carbonyl (C=O) groups is 5. The number of nitrogens with one attached hydrogen (secondary N) is 5. The number of benzene rings is 4. The molecule has 4 atom stereocenters. The van der Waals surface area contributed by atoms with Crippen molar-refractivity contribution >= 4 is 57.5 Å². The van der Waals surface area contributed by atoms with Crippen molar-refractivity contribution < 1.29 is 33.8 Å². The molecule has 4 aromatic carbocycles. The van der Waals surface area contributed by atoms with Gasteiger partial charge in [0.1, 0.15) is 29.6 Å². The topological polar surface area (TPSA) is 202 Å². The van der Waals surface area contributed by atoms with Gasteiger partial charge in [0.25, 0.3) is 11.8 Å². The number of hydrogen-bond donors (Lipinski definition) is 6. The van der Waals surface area contributed by atoms with E-state index < -0.39 is 41.8 Å². The number of carbonyl (C=O) groups excluding carboxylic acids is 4. The first kappa shape index (κ1) is 40.6. The minimum Gasteiger partial charge on any atom is -0.465 e. The van der Waals surface area contributed by atoms with Crippen LogP contribution in [0.1, 0.15) is 81.5 Å². The number of aromatic amines is 2. The highest BCUT2D eigenvalue weighted by molar-refractivity contribution is 6.00. The monoisotopic (exact) mass is 824 g/mol. The summed E-state index contributed by atoms with van der Waals surface area (Å²) in [7, 11) is 0. The zero-order valence-electron chi connectivity index (χ0n) is 34.1. The highest BCUT2D eigenvalue weighted by Crippen LogP contribution is 2.35. The van der Waals surface area contributed by atoms with Crippen molar-refractivity contribution in [1.29, 1.82) is 0 Å². The van der Waals surface area contributed by atoms with Crippen molar-refractivity contribution in [2.24, 2.45) is 0 Å². The maximum atomic E-state index is 14.2. The Labute approximate surface area is 351 Å². The number of nitrogens with zero attached hydrogens (tertiary/aromatic N) is 3. The van der Waals surface area contributed by atoms with E-state index in [1.54, 1.807) is 62.1 Å². The van der Waals surface area contributed by atoms with Crippen molar-refractivity contribution in [3.8, 4) is 11.3 Å². The summed E-state index contributed by atoms with van der Waals surface area (Å²) in [5, 5.41) is 18.4. The molecule has 0 saturated carbocycles. The number of likely N-dealkylation sites (tertiary alicyclic amines) is 2. The molecular weight excluding hydrogens is 777 g/mol. The first-order valence-corrected chi connectivity index (χ1v) is 20.4. The Morgan fingerprint density at radius 2 is 1.41 bits per heavy atom. The average molecular weight is 825 g/mol. The van der Waals surface area contributed by atoms with Gasteiger partial charge >= 0.3 is 12.2 Å². The molecular formula is C46H48N8O7. The van der Waals surface area contributed by atoms with Crippen LogP contribution >= 0.6 is 0 Å². The molecule has 6 aromatic rings. The molecule has 6 N–H and O–H groups in total. The van der Waals surface area contributed by atoms with Gasteiger partial charge < -0.3 is 45.6 Å². The summed E-state index contributed by atoms with van der Waals surface area (Å²) in [4.78, 5) is 81.1. The number of H-pyrrole nitrogens is 2. The average Bonchev–Trinajstić information content (AvgIpc) is 4.07. The second-order valence-electron chi connectivity index (χ2n) is 16.5. The van der Waals surface area contributed by atoms with E-state index in [9.17, 15) is 29.1 Å². The van der Waals surface area contributed by atoms with Crippen LogP contribution in [0.2, 0.25) is 0 Å². The van der Waals surface area contributed by atoms with Crippen LogP contribution in [0.25, 0.3) is 33.2 Å². The second-order valence-corrected chi connectivity index (χ2v) is 16.5. The van der Waals surface area contributed by atoms with Gasteiger partial charge in [-0.2, -0.15) is 0 Å². The van der Waals surface area contributed by atoms with E-state index in [-0.39, 0.29) is 17.9 Å². The molecule has 0 bridgehead atoms. The summed E-state index contributed by atoms with van der Waals surface area (Å²) in [6.07, 6.45) is 0.549. The van der Waals surface area contributed by atoms with Crippen LogP contribution in [-0.4, -0.2) is 84.5 Å². The molecule has 15 heteroatoms. The van der Waals surface area contributed by atoms with E-state index in [1.807, 2.05) is 66.7 Å². The number of anilines is 1. The number of aromatic nitrogens is 3. The van der Waals surface area contributed by atoms with Crippen molar-refractivity contribution in [2.45, 2.75) is 76.2 Å². The Kier molecular flexibility index (Phi) is 11.2. The number of hydrogen-bond acceptors (Lipinski definition) is 7. The van der Waals surface area contributed by atoms with Crippen molar-refractivity contribution in [3.05, 3.63) is 120 Å². The van der Waals surface area contributed by atoms with E-state index in [0.29, 0.717) is 55.0 Å². The van der Waals surface area contributed by atoms with Gasteiger partial charge in [-0.05, 0) is 94.0 Å². The van der Waals surface area contributed by atoms with Gasteiger partial charge in [0.05, 0.1) is 17.1 Å². The lowest BCUT2D eigenvalue weighted by atomic mass is 10.0. The summed E-state index contributed by atoms with van der Waals surface area (Å²) in [5.74, 6) is -0.402. The smallest absolute Gasteiger partial charge is 0.408 e. The summed E-state index contributed by atoms with van der Waals surface area (Å²) in [5.41, 5.74) is 5.14. The van der Waals surface area contributed by atoms with Crippen molar-refractivity contribution in [1.82, 2.24) is 35.4 Å². The number of carboxylic acid groups (broad SMARTS) is 1. The fraction of sp³-hybridized carbons (Fsp3) is 0.304. The van der Waals surface area contributed by atoms with Crippen LogP contribution in [0.3, 0.4) is 0 Å². The Morgan fingerprint density at radius 1 is 0.754 bits per heavy atom. The normalized spacial score (nSPS) is 17.6. The molecule has 5 amide bonds. The van der Waals surface area contributed by atoms with Gasteiger partial charge in [0, 0.05) is 40.9 Å². The lowest BCUT2D eigenvalue weighted by Gasteiger charge is -2.29. The molecule has 0 unspecified atom stereocenters. The summed E-state index contributed by atoms with van der Waals surface area (Å²) in [6, 6.07) is 28.1. The molecule has 0 spiro atoms. The molecule has 0 radical (unpaired) electrons. The number of fused-ring (bicyclic) bond motifs is 2. The number of rotatable bonds is 10. The van der Waals surface area contributed by atoms with Crippen molar-refractivity contribution in [2.75, 3.05) is 18.4 Å². The number of amides is 5. The number of imidazole rings is 1. The van der Waals surface area contributed by atoms with Crippen LogP contribution in [0.15, 0.2) is 103 Å². The number of alkyl carbamates (subject to hydrolysis) is 1. The van der Waals surface area contributed by atoms with Gasteiger partial charge in [0.15, 0.2) is 0 Å². The van der Waals surface area contributed by atoms with Gasteiger partial charge in [0.2, 0.25) is 5.91 Å². The minimum atomic E-state index is -1.33. The highest BCUT2D eigenvalue weighted by atomic mass is 16.6. The van der Waals surface area contributed by atoms with E-state index in [1.165, 1.54) is 4.90 Å². The molecule has 2 aliphatic heterocycles. The third-order valence-corrected chi connectivity index (χ3v) is 11.1. The SMILES string of the molecule is CC(C)(C)OC(=O)N[C@@H](C(=O)N1CCC[C@H]1c1nc2ccc(-c3cc4cc(NC(=O)[C@@H]5CCCN5C(=O)[C@H](NC(=O)O)c5ccccc5)ccc4[nH]3)cc2[nH]1)c1ccccc1. The largest absolute Gasteiger partial charge is 0.465 e. The van der Waals surface area contributed by atoms with Crippen LogP contribution in [0.4, 0.5) is 15.3 Å². The van der Waals surface area contributed by atoms with Crippen LogP contribution in [0.5, 0.6) is 0 Å². The second kappa shape index (κ2) is 16.8. The first-order chi connectivity index (χ1) is 29.3. The van der Waals surface area contributed by atoms with Crippen LogP contribution < -0.4 is 16.0 Å². The maximum absolute atomic E-state index is 14.2. The van der Waals surface area contributed by atoms with Crippen molar-refractivity contribution in [3.63, 3.8) is 0 Å². The number of ether oxygens (including phenoxy) is 1. The molecule has 61 heavy (non-hydrogen) atoms. The zero-order chi connectivity index (χ0) is 42.8. The van der Waals surface area contributed by atoms with E-state index in [0.717, 1.165) is 39.6 Å². The summed E-state index contributed by atoms with van der Waals surface area (Å²) >= 11 is 0. The first-order valence-electron chi connectivity index (χ1n) is 20.4. The molecule has 314 valence electrons. The molecule has 15 nitrogen and oxygen atoms in total. The predicted molar refractivity (Wildman–Crippen MR) is 229 cm³/mol. The molecule has 2 aromatic heterocycles. The lowest BCUT2D eigenvalue weighted by molar-refractivity contribution is -0.138. The summed E-state index contributed by atoms with van der Waals surface area (Å²) in [6.45, 7) is 6.18.